The van der Waals surface area contributed by atoms with E-state index in [0.29, 0.717) is 37.8 Å². The Kier molecular flexibility index (Phi) is 10.9. The number of nitrogens with zero attached hydrogens (tertiary/aromatic N) is 4. The number of fused-ring (bicyclic) bond motifs is 1. The summed E-state index contributed by atoms with van der Waals surface area (Å²) in [5.41, 5.74) is 2.59. The van der Waals surface area contributed by atoms with Crippen LogP contribution in [0, 0.1) is 5.92 Å². The molecule has 0 saturated carbocycles. The molecule has 4 rings (SSSR count). The average molecular weight is 607 g/mol. The monoisotopic (exact) mass is 606 g/mol. The smallest absolute Gasteiger partial charge is 0.410 e. The van der Waals surface area contributed by atoms with Gasteiger partial charge in [0.25, 0.3) is 5.56 Å². The minimum Gasteiger partial charge on any atom is -0.444 e. The average Bonchev–Trinajstić information content (AvgIpc) is 3.64. The number of benzene rings is 1. The topological polar surface area (TPSA) is 139 Å². The number of rotatable bonds is 12. The summed E-state index contributed by atoms with van der Waals surface area (Å²) in [6, 6.07) is 8.25. The van der Waals surface area contributed by atoms with E-state index >= 15 is 0 Å². The highest BCUT2D eigenvalue weighted by atomic mass is 16.6. The summed E-state index contributed by atoms with van der Waals surface area (Å²) in [7, 11) is 4.77. The molecular formula is C32H42N6O6. The molecule has 0 aliphatic carbocycles. The summed E-state index contributed by atoms with van der Waals surface area (Å²) in [6.07, 6.45) is 5.68. The highest BCUT2D eigenvalue weighted by Gasteiger charge is 2.30. The Bertz CT molecular complexity index is 1550. The van der Waals surface area contributed by atoms with Crippen LogP contribution in [-0.4, -0.2) is 88.7 Å². The summed E-state index contributed by atoms with van der Waals surface area (Å²) in [4.78, 5) is 62.6. The van der Waals surface area contributed by atoms with Gasteiger partial charge in [-0.3, -0.25) is 19.3 Å². The summed E-state index contributed by atoms with van der Waals surface area (Å²) < 4.78 is 12.3. The number of imidazole rings is 1. The number of hydrogen-bond donors (Lipinski definition) is 2. The second kappa shape index (κ2) is 14.8. The fourth-order valence-corrected chi connectivity index (χ4v) is 5.00. The van der Waals surface area contributed by atoms with E-state index in [-0.39, 0.29) is 30.7 Å². The first-order valence-corrected chi connectivity index (χ1v) is 14.9. The second-order valence-corrected chi connectivity index (χ2v) is 11.6. The molecule has 44 heavy (non-hydrogen) atoms. The Morgan fingerprint density at radius 1 is 1.20 bits per heavy atom. The zero-order valence-electron chi connectivity index (χ0n) is 26.0. The molecule has 1 aromatic carbocycles. The third kappa shape index (κ3) is 8.34. The van der Waals surface area contributed by atoms with Gasteiger partial charge in [-0.25, -0.2) is 9.78 Å². The largest absolute Gasteiger partial charge is 0.444 e. The van der Waals surface area contributed by atoms with Crippen LogP contribution in [0.4, 0.5) is 10.5 Å². The molecule has 1 aliphatic rings. The fraction of sp³-hybridized carbons (Fsp3) is 0.469. The zero-order chi connectivity index (χ0) is 31.8. The highest BCUT2D eigenvalue weighted by Crippen LogP contribution is 2.20. The van der Waals surface area contributed by atoms with E-state index in [2.05, 4.69) is 30.2 Å². The first-order chi connectivity index (χ1) is 21.0. The number of H-pyrrole nitrogens is 1. The maximum absolute atomic E-state index is 13.5. The summed E-state index contributed by atoms with van der Waals surface area (Å²) in [5, 5.41) is 2.71. The van der Waals surface area contributed by atoms with E-state index in [1.807, 2.05) is 12.1 Å². The van der Waals surface area contributed by atoms with Crippen LogP contribution in [0.5, 0.6) is 0 Å². The summed E-state index contributed by atoms with van der Waals surface area (Å²) >= 11 is 0. The maximum Gasteiger partial charge on any atom is 0.410 e. The molecule has 0 spiro atoms. The predicted octanol–water partition coefficient (Wildman–Crippen LogP) is 3.56. The van der Waals surface area contributed by atoms with Crippen LogP contribution < -0.4 is 10.9 Å². The number of carbonyl (C=O) groups excluding carboxylic acids is 3. The van der Waals surface area contributed by atoms with Crippen molar-refractivity contribution in [2.24, 2.45) is 5.92 Å². The van der Waals surface area contributed by atoms with Crippen LogP contribution >= 0.6 is 0 Å². The van der Waals surface area contributed by atoms with E-state index < -0.39 is 23.6 Å². The van der Waals surface area contributed by atoms with Crippen molar-refractivity contribution >= 4 is 34.6 Å². The molecule has 2 N–H and O–H groups in total. The number of anilines is 1. The third-order valence-corrected chi connectivity index (χ3v) is 7.39. The van der Waals surface area contributed by atoms with Gasteiger partial charge in [-0.1, -0.05) is 32.1 Å². The van der Waals surface area contributed by atoms with Crippen molar-refractivity contribution in [2.45, 2.75) is 58.2 Å². The lowest BCUT2D eigenvalue weighted by molar-refractivity contribution is -0.123. The SMILES string of the molecule is CC(C)Cc1cccc2[nH]c(Cn3cccc(NC(=O)[C@H](CC/C=C/C(=O)N(C)C)N(C)C(=O)OC4CCOC4)c3=O)nc12. The normalized spacial score (nSPS) is 15.5. The number of allylic oxidation sites excluding steroid dienone is 1. The van der Waals surface area contributed by atoms with E-state index in [0.717, 1.165) is 23.0 Å². The second-order valence-electron chi connectivity index (χ2n) is 11.6. The Morgan fingerprint density at radius 2 is 2.00 bits per heavy atom. The summed E-state index contributed by atoms with van der Waals surface area (Å²) in [5.74, 6) is 0.362. The Balaban J connectivity index is 1.51. The van der Waals surface area contributed by atoms with Crippen LogP contribution in [-0.2, 0) is 32.0 Å². The number of nitrogens with one attached hydrogen (secondary N) is 2. The van der Waals surface area contributed by atoms with Crippen LogP contribution in [0.3, 0.4) is 0 Å². The molecule has 2 aromatic heterocycles. The summed E-state index contributed by atoms with van der Waals surface area (Å²) in [6.45, 7) is 5.31. The van der Waals surface area contributed by atoms with Gasteiger partial charge in [0.1, 0.15) is 23.7 Å². The predicted molar refractivity (Wildman–Crippen MR) is 167 cm³/mol. The zero-order valence-corrected chi connectivity index (χ0v) is 26.0. The Labute approximate surface area is 257 Å². The lowest BCUT2D eigenvalue weighted by atomic mass is 10.0. The van der Waals surface area contributed by atoms with Gasteiger partial charge in [0.15, 0.2) is 0 Å². The lowest BCUT2D eigenvalue weighted by Crippen LogP contribution is -2.46. The van der Waals surface area contributed by atoms with Crippen LogP contribution in [0.15, 0.2) is 53.5 Å². The van der Waals surface area contributed by atoms with E-state index in [4.69, 9.17) is 14.5 Å². The minimum absolute atomic E-state index is 0.0726. The molecule has 12 nitrogen and oxygen atoms in total. The molecular weight excluding hydrogens is 564 g/mol. The first-order valence-electron chi connectivity index (χ1n) is 14.9. The Hall–Kier alpha value is -4.45. The molecule has 236 valence electrons. The Morgan fingerprint density at radius 3 is 2.70 bits per heavy atom. The van der Waals surface area contributed by atoms with Crippen molar-refractivity contribution in [3.8, 4) is 0 Å². The molecule has 1 fully saturated rings. The van der Waals surface area contributed by atoms with Gasteiger partial charge in [-0.2, -0.15) is 0 Å². The minimum atomic E-state index is -0.966. The van der Waals surface area contributed by atoms with Crippen LogP contribution in [0.1, 0.15) is 44.5 Å². The molecule has 12 heteroatoms. The van der Waals surface area contributed by atoms with Crippen molar-refractivity contribution in [3.63, 3.8) is 0 Å². The van der Waals surface area contributed by atoms with Gasteiger partial charge in [-0.15, -0.1) is 0 Å². The van der Waals surface area contributed by atoms with Gasteiger partial charge >= 0.3 is 6.09 Å². The number of hydrogen-bond acceptors (Lipinski definition) is 7. The lowest BCUT2D eigenvalue weighted by Gasteiger charge is -2.27. The number of para-hydroxylation sites is 1. The van der Waals surface area contributed by atoms with E-state index in [1.165, 1.54) is 33.6 Å². The van der Waals surface area contributed by atoms with Gasteiger partial charge in [0, 0.05) is 33.8 Å². The highest BCUT2D eigenvalue weighted by molar-refractivity contribution is 5.96. The number of amides is 3. The maximum atomic E-state index is 13.5. The van der Waals surface area contributed by atoms with Crippen molar-refractivity contribution in [2.75, 3.05) is 39.7 Å². The van der Waals surface area contributed by atoms with Gasteiger partial charge < -0.3 is 29.2 Å². The molecule has 0 bridgehead atoms. The number of aromatic amines is 1. The van der Waals surface area contributed by atoms with Crippen LogP contribution in [0.25, 0.3) is 11.0 Å². The molecule has 3 aromatic rings. The van der Waals surface area contributed by atoms with Crippen molar-refractivity contribution in [1.29, 1.82) is 0 Å². The van der Waals surface area contributed by atoms with Crippen molar-refractivity contribution in [3.05, 3.63) is 70.4 Å². The molecule has 1 saturated heterocycles. The number of pyridine rings is 1. The fourth-order valence-electron chi connectivity index (χ4n) is 5.00. The number of aromatic nitrogens is 3. The van der Waals surface area contributed by atoms with Gasteiger partial charge in [0.2, 0.25) is 11.8 Å². The van der Waals surface area contributed by atoms with Gasteiger partial charge in [-0.05, 0) is 55.0 Å². The standard InChI is InChI=1S/C32H42N6O6/c1-21(2)18-22-10-8-11-24-29(22)35-27(33-24)19-38-16-9-12-25(31(38)41)34-30(40)26(13-6-7-14-28(39)36(3)4)37(5)32(42)44-23-15-17-43-20-23/h7-12,14,16,21,23,26H,6,13,15,17-20H2,1-5H3,(H,33,35)(H,34,40)/b14-7+/t23?,26-/m0/s1. The first kappa shape index (κ1) is 32.5. The quantitative estimate of drug-likeness (QED) is 0.301. The molecule has 2 atom stereocenters. The van der Waals surface area contributed by atoms with E-state index in [1.54, 1.807) is 32.4 Å². The van der Waals surface area contributed by atoms with Gasteiger partial charge in [0.05, 0.1) is 30.8 Å². The number of carbonyl (C=O) groups is 3. The van der Waals surface area contributed by atoms with Crippen LogP contribution in [0.2, 0.25) is 0 Å². The molecule has 3 amide bonds. The molecule has 0 radical (unpaired) electrons. The molecule has 1 unspecified atom stereocenters. The molecule has 3 heterocycles. The van der Waals surface area contributed by atoms with Crippen molar-refractivity contribution < 1.29 is 23.9 Å². The molecule has 1 aliphatic heterocycles. The number of likely N-dealkylation sites (N-methyl/N-ethyl adjacent to an activating group) is 2. The van der Waals surface area contributed by atoms with E-state index in [9.17, 15) is 19.2 Å². The third-order valence-electron chi connectivity index (χ3n) is 7.39. The van der Waals surface area contributed by atoms with Crippen molar-refractivity contribution in [1.82, 2.24) is 24.3 Å². The number of ether oxygens (including phenoxy) is 2.